The molecule has 1 aliphatic heterocycles. The molecule has 2 aromatic carbocycles. The molecule has 3 rings (SSSR count). The Kier molecular flexibility index (Phi) is 5.58. The fourth-order valence-electron chi connectivity index (χ4n) is 2.77. The minimum absolute atomic E-state index is 0.181. The van der Waals surface area contributed by atoms with Crippen LogP contribution in [0.15, 0.2) is 42.5 Å². The minimum atomic E-state index is -0.380. The number of amides is 3. The van der Waals surface area contributed by atoms with Gasteiger partial charge in [0, 0.05) is 26.2 Å². The number of benzene rings is 2. The maximum absolute atomic E-state index is 12.9. The number of carbonyl (C=O) groups is 3. The summed E-state index contributed by atoms with van der Waals surface area (Å²) in [6, 6.07) is 10.5. The first-order chi connectivity index (χ1) is 13.3. The molecule has 1 N–H and O–H groups in total. The fourth-order valence-corrected chi connectivity index (χ4v) is 2.77. The van der Waals surface area contributed by atoms with Crippen LogP contribution in [0.4, 0.5) is 10.1 Å². The second kappa shape index (κ2) is 8.08. The molecule has 0 spiro atoms. The fraction of sp³-hybridized carbons (Fsp3) is 0.250. The molecule has 2 aromatic rings. The molecule has 0 unspecified atom stereocenters. The third-order valence-corrected chi connectivity index (χ3v) is 4.26. The summed E-state index contributed by atoms with van der Waals surface area (Å²) in [6.45, 7) is -0.182. The van der Waals surface area contributed by atoms with Crippen LogP contribution in [0.3, 0.4) is 0 Å². The van der Waals surface area contributed by atoms with Gasteiger partial charge in [-0.15, -0.1) is 0 Å². The number of carbonyl (C=O) groups excluding carboxylic acids is 3. The molecule has 3 amide bonds. The summed E-state index contributed by atoms with van der Waals surface area (Å²) < 4.78 is 18.3. The van der Waals surface area contributed by atoms with Gasteiger partial charge in [-0.2, -0.15) is 0 Å². The lowest BCUT2D eigenvalue weighted by atomic mass is 10.1. The number of rotatable bonds is 5. The second-order valence-corrected chi connectivity index (χ2v) is 6.55. The van der Waals surface area contributed by atoms with Gasteiger partial charge in [-0.25, -0.2) is 4.39 Å². The molecule has 146 valence electrons. The molecule has 1 aliphatic rings. The summed E-state index contributed by atoms with van der Waals surface area (Å²) >= 11 is 0. The average molecular weight is 385 g/mol. The molecule has 0 radical (unpaired) electrons. The van der Waals surface area contributed by atoms with Gasteiger partial charge in [0.05, 0.1) is 5.69 Å². The van der Waals surface area contributed by atoms with E-state index in [1.165, 1.54) is 21.9 Å². The van der Waals surface area contributed by atoms with E-state index in [9.17, 15) is 18.8 Å². The summed E-state index contributed by atoms with van der Waals surface area (Å²) in [7, 11) is 3.26. The Bertz CT molecular complexity index is 912. The first-order valence-corrected chi connectivity index (χ1v) is 8.65. The summed E-state index contributed by atoms with van der Waals surface area (Å²) in [5.74, 6) is -0.898. The highest BCUT2D eigenvalue weighted by Gasteiger charge is 2.28. The highest BCUT2D eigenvalue weighted by molar-refractivity contribution is 6.04. The number of fused-ring (bicyclic) bond motifs is 1. The number of ether oxygens (including phenoxy) is 1. The van der Waals surface area contributed by atoms with Crippen LogP contribution in [-0.4, -0.2) is 49.9 Å². The van der Waals surface area contributed by atoms with Crippen molar-refractivity contribution in [2.75, 3.05) is 32.1 Å². The molecule has 0 saturated heterocycles. The molecule has 8 heteroatoms. The van der Waals surface area contributed by atoms with Gasteiger partial charge in [0.2, 0.25) is 5.91 Å². The van der Waals surface area contributed by atoms with Crippen molar-refractivity contribution < 1.29 is 23.5 Å². The molecule has 0 atom stereocenters. The van der Waals surface area contributed by atoms with Crippen molar-refractivity contribution in [2.45, 2.75) is 6.54 Å². The molecule has 0 saturated carbocycles. The van der Waals surface area contributed by atoms with Crippen molar-refractivity contribution in [3.05, 3.63) is 59.4 Å². The topological polar surface area (TPSA) is 79.0 Å². The van der Waals surface area contributed by atoms with Crippen LogP contribution in [-0.2, 0) is 16.1 Å². The molecule has 1 heterocycles. The Morgan fingerprint density at radius 2 is 1.89 bits per heavy atom. The molecule has 0 fully saturated rings. The Morgan fingerprint density at radius 1 is 1.18 bits per heavy atom. The molecule has 0 aromatic heterocycles. The minimum Gasteiger partial charge on any atom is -0.482 e. The molecular formula is C20H20FN3O4. The van der Waals surface area contributed by atoms with E-state index in [2.05, 4.69) is 5.32 Å². The van der Waals surface area contributed by atoms with Gasteiger partial charge < -0.3 is 15.0 Å². The monoisotopic (exact) mass is 385 g/mol. The molecule has 0 bridgehead atoms. The van der Waals surface area contributed by atoms with Gasteiger partial charge in [0.25, 0.3) is 11.8 Å². The van der Waals surface area contributed by atoms with Gasteiger partial charge in [0.15, 0.2) is 6.61 Å². The van der Waals surface area contributed by atoms with Crippen molar-refractivity contribution in [3.63, 3.8) is 0 Å². The predicted molar refractivity (Wildman–Crippen MR) is 101 cm³/mol. The standard InChI is InChI=1S/C20H20FN3O4/c1-23(2)20(27)14-5-8-17-16(9-14)24(19(26)12-28-17)11-18(25)22-10-13-3-6-15(21)7-4-13/h3-9H,10-12H2,1-2H3,(H,22,25). The van der Waals surface area contributed by atoms with Crippen LogP contribution in [0, 0.1) is 5.82 Å². The van der Waals surface area contributed by atoms with Crippen LogP contribution in [0.2, 0.25) is 0 Å². The SMILES string of the molecule is CN(C)C(=O)c1ccc2c(c1)N(CC(=O)NCc1ccc(F)cc1)C(=O)CO2. The van der Waals surface area contributed by atoms with Crippen LogP contribution >= 0.6 is 0 Å². The van der Waals surface area contributed by atoms with Crippen LogP contribution in [0.5, 0.6) is 5.75 Å². The summed E-state index contributed by atoms with van der Waals surface area (Å²) in [4.78, 5) is 39.6. The van der Waals surface area contributed by atoms with E-state index in [0.717, 1.165) is 5.56 Å². The van der Waals surface area contributed by atoms with Gasteiger partial charge >= 0.3 is 0 Å². The third-order valence-electron chi connectivity index (χ3n) is 4.26. The van der Waals surface area contributed by atoms with E-state index in [1.54, 1.807) is 44.4 Å². The van der Waals surface area contributed by atoms with Crippen LogP contribution in [0.1, 0.15) is 15.9 Å². The highest BCUT2D eigenvalue weighted by atomic mass is 19.1. The molecule has 0 aliphatic carbocycles. The van der Waals surface area contributed by atoms with E-state index in [4.69, 9.17) is 4.74 Å². The van der Waals surface area contributed by atoms with Gasteiger partial charge in [-0.3, -0.25) is 19.3 Å². The zero-order chi connectivity index (χ0) is 20.3. The van der Waals surface area contributed by atoms with Crippen molar-refractivity contribution in [3.8, 4) is 5.75 Å². The van der Waals surface area contributed by atoms with E-state index in [1.807, 2.05) is 0 Å². The number of hydrogen-bond acceptors (Lipinski definition) is 4. The number of hydrogen-bond donors (Lipinski definition) is 1. The van der Waals surface area contributed by atoms with E-state index >= 15 is 0 Å². The molecule has 28 heavy (non-hydrogen) atoms. The summed E-state index contributed by atoms with van der Waals surface area (Å²) in [5, 5.41) is 2.70. The van der Waals surface area contributed by atoms with Crippen LogP contribution < -0.4 is 15.0 Å². The van der Waals surface area contributed by atoms with E-state index < -0.39 is 0 Å². The molecular weight excluding hydrogens is 365 g/mol. The quantitative estimate of drug-likeness (QED) is 0.848. The number of nitrogens with one attached hydrogen (secondary N) is 1. The lowest BCUT2D eigenvalue weighted by Crippen LogP contribution is -2.45. The van der Waals surface area contributed by atoms with Crippen LogP contribution in [0.25, 0.3) is 0 Å². The van der Waals surface area contributed by atoms with Crippen molar-refractivity contribution in [1.82, 2.24) is 10.2 Å². The Balaban J connectivity index is 1.73. The van der Waals surface area contributed by atoms with E-state index in [-0.39, 0.29) is 43.2 Å². The lowest BCUT2D eigenvalue weighted by Gasteiger charge is -2.29. The Labute approximate surface area is 161 Å². The first-order valence-electron chi connectivity index (χ1n) is 8.65. The average Bonchev–Trinajstić information content (AvgIpc) is 2.68. The largest absolute Gasteiger partial charge is 0.482 e. The van der Waals surface area contributed by atoms with Crippen molar-refractivity contribution in [1.29, 1.82) is 0 Å². The summed E-state index contributed by atoms with van der Waals surface area (Å²) in [5.41, 5.74) is 1.50. The first kappa shape index (κ1) is 19.3. The number of anilines is 1. The Hall–Kier alpha value is -3.42. The summed E-state index contributed by atoms with van der Waals surface area (Å²) in [6.07, 6.45) is 0. The zero-order valence-electron chi connectivity index (χ0n) is 15.6. The zero-order valence-corrected chi connectivity index (χ0v) is 15.6. The normalized spacial score (nSPS) is 12.8. The van der Waals surface area contributed by atoms with Crippen molar-refractivity contribution in [2.24, 2.45) is 0 Å². The van der Waals surface area contributed by atoms with Gasteiger partial charge in [-0.05, 0) is 35.9 Å². The molecule has 7 nitrogen and oxygen atoms in total. The lowest BCUT2D eigenvalue weighted by molar-refractivity contribution is -0.125. The maximum Gasteiger partial charge on any atom is 0.265 e. The third kappa shape index (κ3) is 4.28. The van der Waals surface area contributed by atoms with Gasteiger partial charge in [0.1, 0.15) is 18.1 Å². The maximum atomic E-state index is 12.9. The van der Waals surface area contributed by atoms with E-state index in [0.29, 0.717) is 17.0 Å². The Morgan fingerprint density at radius 3 is 2.57 bits per heavy atom. The second-order valence-electron chi connectivity index (χ2n) is 6.55. The highest BCUT2D eigenvalue weighted by Crippen LogP contribution is 2.33. The number of halogens is 1. The predicted octanol–water partition coefficient (Wildman–Crippen LogP) is 1.57. The van der Waals surface area contributed by atoms with Crippen molar-refractivity contribution >= 4 is 23.4 Å². The number of nitrogens with zero attached hydrogens (tertiary/aromatic N) is 2. The van der Waals surface area contributed by atoms with Gasteiger partial charge in [-0.1, -0.05) is 12.1 Å². The smallest absolute Gasteiger partial charge is 0.265 e.